The van der Waals surface area contributed by atoms with E-state index in [0.717, 1.165) is 30.2 Å². The molecule has 1 aliphatic rings. The lowest BCUT2D eigenvalue weighted by Crippen LogP contribution is -2.44. The number of pyridine rings is 2. The van der Waals surface area contributed by atoms with Gasteiger partial charge in [-0.3, -0.25) is 14.2 Å². The third kappa shape index (κ3) is 3.54. The number of halogens is 1. The van der Waals surface area contributed by atoms with Crippen LogP contribution >= 0.6 is 11.6 Å². The Labute approximate surface area is 168 Å². The fourth-order valence-electron chi connectivity index (χ4n) is 3.83. The average molecular weight is 396 g/mol. The van der Waals surface area contributed by atoms with Crippen LogP contribution in [0.1, 0.15) is 42.1 Å². The summed E-state index contributed by atoms with van der Waals surface area (Å²) in [6, 6.07) is 12.9. The summed E-state index contributed by atoms with van der Waals surface area (Å²) in [4.78, 5) is 32.7. The van der Waals surface area contributed by atoms with E-state index < -0.39 is 0 Å². The molecule has 0 aliphatic carbocycles. The monoisotopic (exact) mass is 395 g/mol. The molecule has 28 heavy (non-hydrogen) atoms. The van der Waals surface area contributed by atoms with Gasteiger partial charge in [-0.25, -0.2) is 4.98 Å². The molecule has 144 valence electrons. The Balaban J connectivity index is 1.82. The van der Waals surface area contributed by atoms with E-state index in [-0.39, 0.29) is 23.1 Å². The first-order chi connectivity index (χ1) is 13.5. The SMILES string of the molecule is C[C@H]1CCCCN1C(=O)c1cc2cccnc2n(Cc2ccc(Cl)cc2)c1=O. The Hall–Kier alpha value is -2.66. The summed E-state index contributed by atoms with van der Waals surface area (Å²) in [5, 5.41) is 1.42. The second kappa shape index (κ2) is 7.76. The number of piperidine rings is 1. The highest BCUT2D eigenvalue weighted by molar-refractivity contribution is 6.30. The van der Waals surface area contributed by atoms with Gasteiger partial charge in [0.15, 0.2) is 0 Å². The largest absolute Gasteiger partial charge is 0.336 e. The lowest BCUT2D eigenvalue weighted by atomic mass is 10.0. The van der Waals surface area contributed by atoms with Gasteiger partial charge >= 0.3 is 0 Å². The molecule has 1 saturated heterocycles. The lowest BCUT2D eigenvalue weighted by molar-refractivity contribution is 0.0633. The van der Waals surface area contributed by atoms with E-state index in [2.05, 4.69) is 4.98 Å². The molecule has 1 atom stereocenters. The minimum Gasteiger partial charge on any atom is -0.336 e. The first-order valence-corrected chi connectivity index (χ1v) is 9.96. The lowest BCUT2D eigenvalue weighted by Gasteiger charge is -2.33. The van der Waals surface area contributed by atoms with Crippen molar-refractivity contribution in [3.05, 3.63) is 75.2 Å². The van der Waals surface area contributed by atoms with Crippen molar-refractivity contribution < 1.29 is 4.79 Å². The van der Waals surface area contributed by atoms with Crippen LogP contribution in [0.2, 0.25) is 5.02 Å². The normalized spacial score (nSPS) is 17.1. The number of hydrogen-bond acceptors (Lipinski definition) is 3. The molecular weight excluding hydrogens is 374 g/mol. The summed E-state index contributed by atoms with van der Waals surface area (Å²) in [6.45, 7) is 3.08. The zero-order valence-electron chi connectivity index (χ0n) is 15.8. The highest BCUT2D eigenvalue weighted by atomic mass is 35.5. The molecule has 0 spiro atoms. The molecule has 1 fully saturated rings. The third-order valence-electron chi connectivity index (χ3n) is 5.40. The van der Waals surface area contributed by atoms with Crippen molar-refractivity contribution in [2.75, 3.05) is 6.54 Å². The van der Waals surface area contributed by atoms with Gasteiger partial charge in [0.25, 0.3) is 11.5 Å². The first kappa shape index (κ1) is 18.7. The molecule has 3 heterocycles. The summed E-state index contributed by atoms with van der Waals surface area (Å²) >= 11 is 5.98. The van der Waals surface area contributed by atoms with Crippen molar-refractivity contribution in [3.8, 4) is 0 Å². The zero-order valence-corrected chi connectivity index (χ0v) is 16.5. The van der Waals surface area contributed by atoms with Gasteiger partial charge in [0.05, 0.1) is 6.54 Å². The second-order valence-corrected chi connectivity index (χ2v) is 7.77. The number of likely N-dealkylation sites (tertiary alicyclic amines) is 1. The molecule has 6 heteroatoms. The predicted molar refractivity (Wildman–Crippen MR) is 111 cm³/mol. The van der Waals surface area contributed by atoms with E-state index in [9.17, 15) is 9.59 Å². The van der Waals surface area contributed by atoms with Crippen LogP contribution in [0, 0.1) is 0 Å². The number of carbonyl (C=O) groups excluding carboxylic acids is 1. The summed E-state index contributed by atoms with van der Waals surface area (Å²) in [7, 11) is 0. The summed E-state index contributed by atoms with van der Waals surface area (Å²) in [5.41, 5.74) is 1.41. The zero-order chi connectivity index (χ0) is 19.7. The van der Waals surface area contributed by atoms with Gasteiger partial charge in [0.1, 0.15) is 11.2 Å². The molecule has 4 rings (SSSR count). The van der Waals surface area contributed by atoms with E-state index in [1.165, 1.54) is 0 Å². The third-order valence-corrected chi connectivity index (χ3v) is 5.65. The van der Waals surface area contributed by atoms with Gasteiger partial charge in [-0.05, 0) is 62.1 Å². The topological polar surface area (TPSA) is 55.2 Å². The average Bonchev–Trinajstić information content (AvgIpc) is 2.71. The van der Waals surface area contributed by atoms with Crippen molar-refractivity contribution in [2.24, 2.45) is 0 Å². The number of nitrogens with zero attached hydrogens (tertiary/aromatic N) is 3. The molecule has 0 saturated carbocycles. The Morgan fingerprint density at radius 1 is 1.21 bits per heavy atom. The van der Waals surface area contributed by atoms with Gasteiger partial charge in [0.2, 0.25) is 0 Å². The number of hydrogen-bond donors (Lipinski definition) is 0. The van der Waals surface area contributed by atoms with Gasteiger partial charge in [-0.1, -0.05) is 23.7 Å². The molecule has 2 aromatic heterocycles. The maximum Gasteiger partial charge on any atom is 0.265 e. The van der Waals surface area contributed by atoms with E-state index in [0.29, 0.717) is 23.8 Å². The number of rotatable bonds is 3. The van der Waals surface area contributed by atoms with Crippen LogP contribution in [0.25, 0.3) is 11.0 Å². The van der Waals surface area contributed by atoms with Gasteiger partial charge in [0, 0.05) is 29.2 Å². The fourth-order valence-corrected chi connectivity index (χ4v) is 3.96. The van der Waals surface area contributed by atoms with Crippen LogP contribution in [-0.4, -0.2) is 32.9 Å². The summed E-state index contributed by atoms with van der Waals surface area (Å²) in [5.74, 6) is -0.187. The quantitative estimate of drug-likeness (QED) is 0.670. The van der Waals surface area contributed by atoms with Crippen molar-refractivity contribution in [1.29, 1.82) is 0 Å². The molecule has 0 radical (unpaired) electrons. The van der Waals surface area contributed by atoms with Gasteiger partial charge in [-0.15, -0.1) is 0 Å². The molecule has 1 aliphatic heterocycles. The molecule has 1 amide bonds. The highest BCUT2D eigenvalue weighted by Gasteiger charge is 2.27. The minimum absolute atomic E-state index is 0.148. The molecule has 1 aromatic carbocycles. The van der Waals surface area contributed by atoms with Crippen LogP contribution in [0.3, 0.4) is 0 Å². The molecular formula is C22H22ClN3O2. The fraction of sp³-hybridized carbons (Fsp3) is 0.318. The van der Waals surface area contributed by atoms with E-state index in [1.807, 2.05) is 36.1 Å². The summed E-state index contributed by atoms with van der Waals surface area (Å²) < 4.78 is 1.58. The van der Waals surface area contributed by atoms with E-state index >= 15 is 0 Å². The van der Waals surface area contributed by atoms with Crippen molar-refractivity contribution in [3.63, 3.8) is 0 Å². The Morgan fingerprint density at radius 3 is 2.75 bits per heavy atom. The van der Waals surface area contributed by atoms with Crippen molar-refractivity contribution in [2.45, 2.75) is 38.8 Å². The molecule has 5 nitrogen and oxygen atoms in total. The molecule has 0 N–H and O–H groups in total. The van der Waals surface area contributed by atoms with Crippen LogP contribution in [0.4, 0.5) is 0 Å². The van der Waals surface area contributed by atoms with E-state index in [1.54, 1.807) is 29.0 Å². The van der Waals surface area contributed by atoms with Crippen LogP contribution in [0.15, 0.2) is 53.5 Å². The van der Waals surface area contributed by atoms with Crippen LogP contribution in [-0.2, 0) is 6.54 Å². The Morgan fingerprint density at radius 2 is 2.00 bits per heavy atom. The number of carbonyl (C=O) groups is 1. The van der Waals surface area contributed by atoms with Crippen LogP contribution < -0.4 is 5.56 Å². The van der Waals surface area contributed by atoms with Gasteiger partial charge in [-0.2, -0.15) is 0 Å². The second-order valence-electron chi connectivity index (χ2n) is 7.34. The summed E-state index contributed by atoms with van der Waals surface area (Å²) in [6.07, 6.45) is 4.73. The number of aromatic nitrogens is 2. The maximum absolute atomic E-state index is 13.3. The maximum atomic E-state index is 13.3. The standard InChI is InChI=1S/C22H22ClN3O2/c1-15-5-2-3-12-25(15)21(27)19-13-17-6-4-11-24-20(17)26(22(19)28)14-16-7-9-18(23)10-8-16/h4,6-11,13,15H,2-3,5,12,14H2,1H3/t15-/m0/s1. The smallest absolute Gasteiger partial charge is 0.265 e. The number of amides is 1. The Bertz CT molecular complexity index is 1080. The Kier molecular flexibility index (Phi) is 5.18. The first-order valence-electron chi connectivity index (χ1n) is 9.58. The van der Waals surface area contributed by atoms with Gasteiger partial charge < -0.3 is 4.90 Å². The highest BCUT2D eigenvalue weighted by Crippen LogP contribution is 2.20. The number of fused-ring (bicyclic) bond motifs is 1. The molecule has 0 unspecified atom stereocenters. The molecule has 0 bridgehead atoms. The van der Waals surface area contributed by atoms with E-state index in [4.69, 9.17) is 11.6 Å². The number of benzene rings is 1. The van der Waals surface area contributed by atoms with Crippen LogP contribution in [0.5, 0.6) is 0 Å². The minimum atomic E-state index is -0.302. The predicted octanol–water partition coefficient (Wildman–Crippen LogP) is 4.11. The van der Waals surface area contributed by atoms with Crippen molar-refractivity contribution in [1.82, 2.24) is 14.5 Å². The molecule has 3 aromatic rings. The van der Waals surface area contributed by atoms with Crippen molar-refractivity contribution >= 4 is 28.5 Å².